The van der Waals surface area contributed by atoms with Crippen LogP contribution >= 0.6 is 11.8 Å². The normalized spacial score (nSPS) is 22.5. The van der Waals surface area contributed by atoms with Crippen molar-refractivity contribution < 1.29 is 18.0 Å². The van der Waals surface area contributed by atoms with Crippen molar-refractivity contribution >= 4 is 17.7 Å². The Bertz CT molecular complexity index is 533. The molecule has 0 saturated heterocycles. The summed E-state index contributed by atoms with van der Waals surface area (Å²) in [7, 11) is 0. The van der Waals surface area contributed by atoms with Gasteiger partial charge in [-0.1, -0.05) is 31.5 Å². The number of nitrogen functional groups attached to an aromatic ring is 1. The molecule has 10 heteroatoms. The number of amides is 1. The van der Waals surface area contributed by atoms with Crippen molar-refractivity contribution in [2.24, 2.45) is 5.92 Å². The molecule has 6 nitrogen and oxygen atoms in total. The quantitative estimate of drug-likeness (QED) is 0.646. The van der Waals surface area contributed by atoms with E-state index < -0.39 is 12.0 Å². The summed E-state index contributed by atoms with van der Waals surface area (Å²) in [5, 5.41) is 9.15. The van der Waals surface area contributed by atoms with Gasteiger partial charge >= 0.3 is 6.18 Å². The maximum Gasteiger partial charge on any atom is 0.453 e. The van der Waals surface area contributed by atoms with Gasteiger partial charge in [0.1, 0.15) is 0 Å². The SMILES string of the molecule is C[C@H]1CCCC[C@@H]1NC(=O)CSc1nnc(C(F)(F)F)n1N. The van der Waals surface area contributed by atoms with Crippen LogP contribution in [0.15, 0.2) is 5.16 Å². The first kappa shape index (κ1) is 16.9. The molecule has 1 fully saturated rings. The number of alkyl halides is 3. The number of thioether (sulfide) groups is 1. The van der Waals surface area contributed by atoms with Crippen molar-refractivity contribution in [1.82, 2.24) is 20.2 Å². The number of carbonyl (C=O) groups is 1. The van der Waals surface area contributed by atoms with E-state index in [1.807, 2.05) is 0 Å². The first-order valence-electron chi connectivity index (χ1n) is 6.99. The van der Waals surface area contributed by atoms with E-state index in [4.69, 9.17) is 5.84 Å². The molecule has 1 saturated carbocycles. The summed E-state index contributed by atoms with van der Waals surface area (Å²) in [6, 6.07) is 0.128. The number of carbonyl (C=O) groups excluding carboxylic acids is 1. The minimum Gasteiger partial charge on any atom is -0.352 e. The predicted molar refractivity (Wildman–Crippen MR) is 75.5 cm³/mol. The summed E-state index contributed by atoms with van der Waals surface area (Å²) >= 11 is 0.834. The van der Waals surface area contributed by atoms with Crippen molar-refractivity contribution in [1.29, 1.82) is 0 Å². The third-order valence-corrected chi connectivity index (χ3v) is 4.65. The molecule has 124 valence electrons. The number of rotatable bonds is 4. The van der Waals surface area contributed by atoms with Gasteiger partial charge in [-0.15, -0.1) is 10.2 Å². The molecule has 1 aliphatic rings. The van der Waals surface area contributed by atoms with Crippen LogP contribution in [0.25, 0.3) is 0 Å². The lowest BCUT2D eigenvalue weighted by Crippen LogP contribution is -2.41. The lowest BCUT2D eigenvalue weighted by atomic mass is 9.86. The Morgan fingerprint density at radius 1 is 1.41 bits per heavy atom. The van der Waals surface area contributed by atoms with E-state index in [0.29, 0.717) is 10.6 Å². The number of hydrogen-bond donors (Lipinski definition) is 2. The summed E-state index contributed by atoms with van der Waals surface area (Å²) in [6.45, 7) is 2.09. The van der Waals surface area contributed by atoms with Gasteiger partial charge in [-0.25, -0.2) is 4.68 Å². The molecule has 0 aliphatic heterocycles. The summed E-state index contributed by atoms with van der Waals surface area (Å²) in [6.07, 6.45) is -0.416. The average molecular weight is 337 g/mol. The average Bonchev–Trinajstić information content (AvgIpc) is 2.80. The zero-order chi connectivity index (χ0) is 16.3. The lowest BCUT2D eigenvalue weighted by molar-refractivity contribution is -0.146. The molecule has 0 spiro atoms. The molecule has 22 heavy (non-hydrogen) atoms. The topological polar surface area (TPSA) is 85.8 Å². The van der Waals surface area contributed by atoms with E-state index in [0.717, 1.165) is 31.0 Å². The third-order valence-electron chi connectivity index (χ3n) is 3.71. The number of nitrogens with one attached hydrogen (secondary N) is 1. The molecule has 1 amide bonds. The fraction of sp³-hybridized carbons (Fsp3) is 0.750. The molecule has 2 rings (SSSR count). The van der Waals surface area contributed by atoms with E-state index in [1.54, 1.807) is 0 Å². The Hall–Kier alpha value is -1.45. The maximum atomic E-state index is 12.5. The van der Waals surface area contributed by atoms with Crippen molar-refractivity contribution in [3.05, 3.63) is 5.82 Å². The van der Waals surface area contributed by atoms with Crippen LogP contribution in [0.5, 0.6) is 0 Å². The number of aromatic nitrogens is 3. The molecule has 0 bridgehead atoms. The molecule has 1 aromatic rings. The van der Waals surface area contributed by atoms with Crippen molar-refractivity contribution in [3.8, 4) is 0 Å². The highest BCUT2D eigenvalue weighted by atomic mass is 32.2. The summed E-state index contributed by atoms with van der Waals surface area (Å²) < 4.78 is 37.9. The number of nitrogens with zero attached hydrogens (tertiary/aromatic N) is 3. The molecule has 2 atom stereocenters. The molecule has 1 heterocycles. The number of nitrogens with two attached hydrogens (primary N) is 1. The molecule has 1 aliphatic carbocycles. The fourth-order valence-electron chi connectivity index (χ4n) is 2.48. The molecule has 3 N–H and O–H groups in total. The number of halogens is 3. The van der Waals surface area contributed by atoms with Gasteiger partial charge in [-0.3, -0.25) is 4.79 Å². The highest BCUT2D eigenvalue weighted by Gasteiger charge is 2.38. The van der Waals surface area contributed by atoms with E-state index in [1.165, 1.54) is 6.42 Å². The molecule has 0 aromatic carbocycles. The minimum absolute atomic E-state index is 0.0452. The maximum absolute atomic E-state index is 12.5. The largest absolute Gasteiger partial charge is 0.453 e. The summed E-state index contributed by atoms with van der Waals surface area (Å²) in [5.74, 6) is 4.15. The van der Waals surface area contributed by atoms with E-state index in [2.05, 4.69) is 22.4 Å². The third kappa shape index (κ3) is 4.05. The van der Waals surface area contributed by atoms with Crippen LogP contribution in [-0.4, -0.2) is 32.6 Å². The zero-order valence-electron chi connectivity index (χ0n) is 12.1. The monoisotopic (exact) mass is 337 g/mol. The van der Waals surface area contributed by atoms with Crippen LogP contribution in [0.3, 0.4) is 0 Å². The van der Waals surface area contributed by atoms with Crippen molar-refractivity contribution in [2.45, 2.75) is 50.0 Å². The van der Waals surface area contributed by atoms with Gasteiger partial charge in [-0.2, -0.15) is 13.2 Å². The molecular weight excluding hydrogens is 319 g/mol. The number of hydrogen-bond acceptors (Lipinski definition) is 5. The van der Waals surface area contributed by atoms with E-state index in [-0.39, 0.29) is 22.9 Å². The predicted octanol–water partition coefficient (Wildman–Crippen LogP) is 1.80. The van der Waals surface area contributed by atoms with Gasteiger partial charge in [0.25, 0.3) is 5.82 Å². The zero-order valence-corrected chi connectivity index (χ0v) is 12.9. The summed E-state index contributed by atoms with van der Waals surface area (Å²) in [5.41, 5.74) is 0. The highest BCUT2D eigenvalue weighted by molar-refractivity contribution is 7.99. The fourth-order valence-corrected chi connectivity index (χ4v) is 3.15. The van der Waals surface area contributed by atoms with Crippen LogP contribution in [0.1, 0.15) is 38.4 Å². The van der Waals surface area contributed by atoms with Gasteiger partial charge in [0.2, 0.25) is 11.1 Å². The van der Waals surface area contributed by atoms with Gasteiger partial charge < -0.3 is 11.2 Å². The van der Waals surface area contributed by atoms with Crippen LogP contribution in [0.2, 0.25) is 0 Å². The Kier molecular flexibility index (Phi) is 5.20. The van der Waals surface area contributed by atoms with E-state index >= 15 is 0 Å². The van der Waals surface area contributed by atoms with Crippen LogP contribution in [0, 0.1) is 5.92 Å². The first-order chi connectivity index (χ1) is 10.3. The second-order valence-electron chi connectivity index (χ2n) is 5.40. The lowest BCUT2D eigenvalue weighted by Gasteiger charge is -2.29. The van der Waals surface area contributed by atoms with Crippen molar-refractivity contribution in [2.75, 3.05) is 11.6 Å². The van der Waals surface area contributed by atoms with Crippen molar-refractivity contribution in [3.63, 3.8) is 0 Å². The van der Waals surface area contributed by atoms with Gasteiger partial charge in [0.05, 0.1) is 5.75 Å². The smallest absolute Gasteiger partial charge is 0.352 e. The van der Waals surface area contributed by atoms with E-state index in [9.17, 15) is 18.0 Å². The van der Waals surface area contributed by atoms with Crippen LogP contribution < -0.4 is 11.2 Å². The highest BCUT2D eigenvalue weighted by Crippen LogP contribution is 2.29. The second-order valence-corrected chi connectivity index (χ2v) is 6.34. The van der Waals surface area contributed by atoms with Crippen LogP contribution in [-0.2, 0) is 11.0 Å². The van der Waals surface area contributed by atoms with Gasteiger partial charge in [0, 0.05) is 6.04 Å². The Morgan fingerprint density at radius 2 is 2.09 bits per heavy atom. The Labute approximate surface area is 130 Å². The molecule has 0 unspecified atom stereocenters. The first-order valence-corrected chi connectivity index (χ1v) is 7.97. The molecular formula is C12H18F3N5OS. The minimum atomic E-state index is -4.67. The molecule has 0 radical (unpaired) electrons. The summed E-state index contributed by atoms with van der Waals surface area (Å²) in [4.78, 5) is 11.9. The van der Waals surface area contributed by atoms with Gasteiger partial charge in [0.15, 0.2) is 0 Å². The van der Waals surface area contributed by atoms with Crippen LogP contribution in [0.4, 0.5) is 13.2 Å². The molecule has 1 aromatic heterocycles. The second kappa shape index (κ2) is 6.76. The Balaban J connectivity index is 1.87. The van der Waals surface area contributed by atoms with Gasteiger partial charge in [-0.05, 0) is 18.8 Å². The Morgan fingerprint density at radius 3 is 2.68 bits per heavy atom. The standard InChI is InChI=1S/C12H18F3N5OS/c1-7-4-2-3-5-8(7)17-9(21)6-22-11-19-18-10(20(11)16)12(13,14)15/h7-8H,2-6,16H2,1H3,(H,17,21)/t7-,8-/m0/s1.